The predicted molar refractivity (Wildman–Crippen MR) is 78.0 cm³/mol. The van der Waals surface area contributed by atoms with Crippen molar-refractivity contribution in [2.45, 2.75) is 17.9 Å². The molecule has 21 heavy (non-hydrogen) atoms. The van der Waals surface area contributed by atoms with Gasteiger partial charge in [-0.25, -0.2) is 13.1 Å². The summed E-state index contributed by atoms with van der Waals surface area (Å²) in [6, 6.07) is 5.05. The van der Waals surface area contributed by atoms with Crippen LogP contribution in [0.3, 0.4) is 0 Å². The zero-order chi connectivity index (χ0) is 16.0. The molecule has 0 spiro atoms. The molecule has 8 nitrogen and oxygen atoms in total. The van der Waals surface area contributed by atoms with Crippen molar-refractivity contribution < 1.29 is 18.0 Å². The van der Waals surface area contributed by atoms with Gasteiger partial charge >= 0.3 is 0 Å². The van der Waals surface area contributed by atoms with Crippen molar-refractivity contribution in [2.24, 2.45) is 5.73 Å². The number of hydrogen-bond acceptors (Lipinski definition) is 5. The number of benzene rings is 1. The van der Waals surface area contributed by atoms with Gasteiger partial charge in [-0.2, -0.15) is 0 Å². The lowest BCUT2D eigenvalue weighted by Crippen LogP contribution is -2.41. The van der Waals surface area contributed by atoms with E-state index in [-0.39, 0.29) is 11.4 Å². The molecular formula is C12H18N4O4S. The highest BCUT2D eigenvalue weighted by molar-refractivity contribution is 7.89. The lowest BCUT2D eigenvalue weighted by Gasteiger charge is -2.09. The molecule has 1 rings (SSSR count). The molecule has 1 atom stereocenters. The average Bonchev–Trinajstić information content (AvgIpc) is 2.44. The van der Waals surface area contributed by atoms with E-state index in [2.05, 4.69) is 15.4 Å². The zero-order valence-corrected chi connectivity index (χ0v) is 12.5. The van der Waals surface area contributed by atoms with Gasteiger partial charge < -0.3 is 16.4 Å². The van der Waals surface area contributed by atoms with Gasteiger partial charge in [-0.3, -0.25) is 9.59 Å². The molecule has 1 aromatic rings. The van der Waals surface area contributed by atoms with E-state index in [4.69, 9.17) is 5.73 Å². The predicted octanol–water partition coefficient (Wildman–Crippen LogP) is -1.00. The van der Waals surface area contributed by atoms with Gasteiger partial charge in [0, 0.05) is 5.69 Å². The van der Waals surface area contributed by atoms with Crippen molar-refractivity contribution in [2.75, 3.05) is 18.9 Å². The Bertz CT molecular complexity index is 628. The summed E-state index contributed by atoms with van der Waals surface area (Å²) in [6.45, 7) is 1.25. The molecule has 0 unspecified atom stereocenters. The molecule has 2 amide bonds. The second-order valence-electron chi connectivity index (χ2n) is 4.29. The van der Waals surface area contributed by atoms with Crippen LogP contribution < -0.4 is 21.1 Å². The molecule has 0 aliphatic heterocycles. The maximum Gasteiger partial charge on any atom is 0.243 e. The molecule has 0 heterocycles. The third kappa shape index (κ3) is 5.14. The number of amides is 2. The van der Waals surface area contributed by atoms with Crippen LogP contribution >= 0.6 is 0 Å². The summed E-state index contributed by atoms with van der Waals surface area (Å²) in [6.07, 6.45) is 0. The Kier molecular flexibility index (Phi) is 5.82. The Morgan fingerprint density at radius 2 is 2.00 bits per heavy atom. The fourth-order valence-corrected chi connectivity index (χ4v) is 2.17. The summed E-state index contributed by atoms with van der Waals surface area (Å²) >= 11 is 0. The third-order valence-electron chi connectivity index (χ3n) is 2.53. The van der Waals surface area contributed by atoms with Crippen LogP contribution in [0.15, 0.2) is 29.2 Å². The van der Waals surface area contributed by atoms with E-state index in [9.17, 15) is 18.0 Å². The fourth-order valence-electron chi connectivity index (χ4n) is 1.39. The van der Waals surface area contributed by atoms with Gasteiger partial charge in [-0.05, 0) is 32.2 Å². The van der Waals surface area contributed by atoms with Crippen LogP contribution in [-0.4, -0.2) is 39.9 Å². The number of rotatable bonds is 6. The second-order valence-corrected chi connectivity index (χ2v) is 6.18. The Morgan fingerprint density at radius 1 is 1.33 bits per heavy atom. The molecule has 0 radical (unpaired) electrons. The highest BCUT2D eigenvalue weighted by Crippen LogP contribution is 2.14. The van der Waals surface area contributed by atoms with Crippen molar-refractivity contribution in [1.29, 1.82) is 0 Å². The number of nitrogens with two attached hydrogens (primary N) is 1. The number of carbonyl (C=O) groups is 2. The minimum Gasteiger partial charge on any atom is -0.346 e. The largest absolute Gasteiger partial charge is 0.346 e. The Hall–Kier alpha value is -1.97. The molecule has 116 valence electrons. The normalized spacial score (nSPS) is 12.5. The highest BCUT2D eigenvalue weighted by atomic mass is 32.2. The number of hydrogen-bond donors (Lipinski definition) is 4. The van der Waals surface area contributed by atoms with E-state index in [1.54, 1.807) is 6.07 Å². The Labute approximate surface area is 123 Å². The topological polar surface area (TPSA) is 130 Å². The maximum absolute atomic E-state index is 11.6. The van der Waals surface area contributed by atoms with E-state index >= 15 is 0 Å². The number of carbonyl (C=O) groups excluding carboxylic acids is 2. The molecule has 9 heteroatoms. The summed E-state index contributed by atoms with van der Waals surface area (Å²) in [5.41, 5.74) is 5.65. The first-order chi connectivity index (χ1) is 9.76. The summed E-state index contributed by atoms with van der Waals surface area (Å²) in [5, 5.41) is 4.84. The van der Waals surface area contributed by atoms with E-state index in [1.807, 2.05) is 0 Å². The van der Waals surface area contributed by atoms with Gasteiger partial charge in [0.1, 0.15) is 0 Å². The molecule has 1 aromatic carbocycles. The summed E-state index contributed by atoms with van der Waals surface area (Å²) < 4.78 is 25.4. The van der Waals surface area contributed by atoms with Crippen molar-refractivity contribution in [1.82, 2.24) is 10.0 Å². The zero-order valence-electron chi connectivity index (χ0n) is 11.7. The molecule has 0 bridgehead atoms. The minimum atomic E-state index is -3.58. The van der Waals surface area contributed by atoms with Crippen molar-refractivity contribution in [3.63, 3.8) is 0 Å². The summed E-state index contributed by atoms with van der Waals surface area (Å²) in [7, 11) is -2.29. The Balaban J connectivity index is 2.70. The van der Waals surface area contributed by atoms with Gasteiger partial charge in [0.25, 0.3) is 0 Å². The fraction of sp³-hybridized carbons (Fsp3) is 0.333. The quantitative estimate of drug-likeness (QED) is 0.535. The number of sulfonamides is 1. The first kappa shape index (κ1) is 17.1. The molecule has 0 saturated heterocycles. The monoisotopic (exact) mass is 314 g/mol. The first-order valence-electron chi connectivity index (χ1n) is 6.13. The standard InChI is InChI=1S/C12H18N4O4S/c1-8(13)12(18)15-7-11(17)16-9-4-3-5-10(6-9)21(19,20)14-2/h3-6,8,14H,7,13H2,1-2H3,(H,15,18)(H,16,17)/t8-/m1/s1. The van der Waals surface area contributed by atoms with Crippen molar-refractivity contribution in [3.05, 3.63) is 24.3 Å². The van der Waals surface area contributed by atoms with Gasteiger partial charge in [-0.1, -0.05) is 6.07 Å². The van der Waals surface area contributed by atoms with Gasteiger partial charge in [0.05, 0.1) is 17.5 Å². The van der Waals surface area contributed by atoms with Crippen LogP contribution in [0.2, 0.25) is 0 Å². The lowest BCUT2D eigenvalue weighted by molar-refractivity contribution is -0.124. The van der Waals surface area contributed by atoms with Crippen LogP contribution in [0.5, 0.6) is 0 Å². The van der Waals surface area contributed by atoms with Gasteiger partial charge in [0.15, 0.2) is 0 Å². The molecule has 0 aliphatic rings. The minimum absolute atomic E-state index is 0.0300. The smallest absolute Gasteiger partial charge is 0.243 e. The number of anilines is 1. The van der Waals surface area contributed by atoms with Crippen LogP contribution in [0.25, 0.3) is 0 Å². The molecule has 0 aliphatic carbocycles. The van der Waals surface area contributed by atoms with Crippen LogP contribution in [-0.2, 0) is 19.6 Å². The molecular weight excluding hydrogens is 296 g/mol. The van der Waals surface area contributed by atoms with Crippen molar-refractivity contribution in [3.8, 4) is 0 Å². The second kappa shape index (κ2) is 7.16. The van der Waals surface area contributed by atoms with Crippen LogP contribution in [0.4, 0.5) is 5.69 Å². The van der Waals surface area contributed by atoms with Gasteiger partial charge in [0.2, 0.25) is 21.8 Å². The van der Waals surface area contributed by atoms with Crippen LogP contribution in [0.1, 0.15) is 6.92 Å². The van der Waals surface area contributed by atoms with E-state index < -0.39 is 27.9 Å². The molecule has 0 saturated carbocycles. The summed E-state index contributed by atoms with van der Waals surface area (Å²) in [4.78, 5) is 22.9. The molecule has 0 aromatic heterocycles. The van der Waals surface area contributed by atoms with E-state index in [1.165, 1.54) is 32.2 Å². The van der Waals surface area contributed by atoms with Gasteiger partial charge in [-0.15, -0.1) is 0 Å². The lowest BCUT2D eigenvalue weighted by atomic mass is 10.3. The Morgan fingerprint density at radius 3 is 2.57 bits per heavy atom. The number of nitrogens with one attached hydrogen (secondary N) is 3. The third-order valence-corrected chi connectivity index (χ3v) is 3.95. The van der Waals surface area contributed by atoms with Crippen LogP contribution in [0, 0.1) is 0 Å². The molecule has 5 N–H and O–H groups in total. The molecule has 0 fully saturated rings. The first-order valence-corrected chi connectivity index (χ1v) is 7.61. The SMILES string of the molecule is CNS(=O)(=O)c1cccc(NC(=O)CNC(=O)[C@@H](C)N)c1. The van der Waals surface area contributed by atoms with Crippen molar-refractivity contribution >= 4 is 27.5 Å². The van der Waals surface area contributed by atoms with E-state index in [0.717, 1.165) is 0 Å². The van der Waals surface area contributed by atoms with E-state index in [0.29, 0.717) is 5.69 Å². The highest BCUT2D eigenvalue weighted by Gasteiger charge is 2.13. The summed E-state index contributed by atoms with van der Waals surface area (Å²) in [5.74, 6) is -0.931. The maximum atomic E-state index is 11.6. The average molecular weight is 314 g/mol.